The molecule has 0 spiro atoms. The van der Waals surface area contributed by atoms with Gasteiger partial charge in [0.15, 0.2) is 0 Å². The molecule has 4 aromatic carbocycles. The summed E-state index contributed by atoms with van der Waals surface area (Å²) in [5.74, 6) is 9.46. The van der Waals surface area contributed by atoms with E-state index >= 15 is 0 Å². The highest BCUT2D eigenvalue weighted by atomic mass is 32.2. The summed E-state index contributed by atoms with van der Waals surface area (Å²) >= 11 is 6.05. The molecule has 8 nitrogen and oxygen atoms in total. The van der Waals surface area contributed by atoms with Gasteiger partial charge in [0, 0.05) is 32.1 Å². The van der Waals surface area contributed by atoms with Crippen LogP contribution < -0.4 is 18.9 Å². The van der Waals surface area contributed by atoms with Gasteiger partial charge in [-0.05, 0) is 147 Å². The van der Waals surface area contributed by atoms with E-state index < -0.39 is 10.1 Å². The van der Waals surface area contributed by atoms with E-state index in [0.29, 0.717) is 18.4 Å². The second-order valence-corrected chi connectivity index (χ2v) is 25.5. The van der Waals surface area contributed by atoms with Crippen LogP contribution in [-0.4, -0.2) is 98.3 Å². The number of nitrogens with zero attached hydrogens (tertiary/aromatic N) is 1. The van der Waals surface area contributed by atoms with Crippen molar-refractivity contribution in [2.45, 2.75) is 155 Å². The largest absolute Gasteiger partial charge is 0.497 e. The van der Waals surface area contributed by atoms with E-state index in [4.69, 9.17) is 23.1 Å². The molecule has 0 fully saturated rings. The number of ether oxygens (including phenoxy) is 4. The zero-order valence-corrected chi connectivity index (χ0v) is 48.7. The van der Waals surface area contributed by atoms with Gasteiger partial charge in [0.2, 0.25) is 0 Å². The summed E-state index contributed by atoms with van der Waals surface area (Å²) in [5, 5.41) is 0. The summed E-state index contributed by atoms with van der Waals surface area (Å²) < 4.78 is 48.7. The number of benzene rings is 4. The molecule has 0 bridgehead atoms. The van der Waals surface area contributed by atoms with Crippen LogP contribution >= 0.6 is 35.3 Å². The fourth-order valence-electron chi connectivity index (χ4n) is 10.5. The van der Waals surface area contributed by atoms with E-state index in [1.54, 1.807) is 28.4 Å². The van der Waals surface area contributed by atoms with Gasteiger partial charge in [-0.15, -0.1) is 23.5 Å². The Balaban J connectivity index is 0.000000268. The number of hydrogen-bond acceptors (Lipinski definition) is 11. The average molecular weight is 1060 g/mol. The van der Waals surface area contributed by atoms with Crippen LogP contribution in [0.15, 0.2) is 94.7 Å². The van der Waals surface area contributed by atoms with Crippen molar-refractivity contribution in [2.24, 2.45) is 0 Å². The van der Waals surface area contributed by atoms with Gasteiger partial charge >= 0.3 is 0 Å². The van der Waals surface area contributed by atoms with Gasteiger partial charge in [-0.3, -0.25) is 4.18 Å². The smallest absolute Gasteiger partial charge is 0.264 e. The number of fused-ring (bicyclic) bond motifs is 2. The van der Waals surface area contributed by atoms with Gasteiger partial charge in [0.1, 0.15) is 23.0 Å². The third-order valence-corrected chi connectivity index (χ3v) is 19.5. The zero-order valence-electron chi connectivity index (χ0n) is 45.4. The fraction of sp³-hybridized carbons (Fsp3) is 0.600. The lowest BCUT2D eigenvalue weighted by Gasteiger charge is -2.43. The molecule has 4 aromatic rings. The third-order valence-electron chi connectivity index (χ3n) is 14.9. The summed E-state index contributed by atoms with van der Waals surface area (Å²) in [6.07, 6.45) is 22.1. The van der Waals surface area contributed by atoms with Crippen LogP contribution in [0.25, 0.3) is 0 Å². The molecule has 0 aliphatic carbocycles. The fourth-order valence-corrected chi connectivity index (χ4v) is 14.6. The van der Waals surface area contributed by atoms with Crippen molar-refractivity contribution in [1.82, 2.24) is 4.90 Å². The quantitative estimate of drug-likeness (QED) is 0.0357. The minimum absolute atomic E-state index is 0.0537. The molecule has 400 valence electrons. The third kappa shape index (κ3) is 18.7. The van der Waals surface area contributed by atoms with Gasteiger partial charge in [0.25, 0.3) is 10.1 Å². The Morgan fingerprint density at radius 2 is 0.903 bits per heavy atom. The van der Waals surface area contributed by atoms with E-state index in [9.17, 15) is 8.42 Å². The topological polar surface area (TPSA) is 83.5 Å². The van der Waals surface area contributed by atoms with Crippen molar-refractivity contribution in [1.29, 1.82) is 0 Å². The summed E-state index contributed by atoms with van der Waals surface area (Å²) in [5.41, 5.74) is 5.89. The summed E-state index contributed by atoms with van der Waals surface area (Å²) in [7, 11) is 7.96. The van der Waals surface area contributed by atoms with Gasteiger partial charge < -0.3 is 23.8 Å². The number of methoxy groups -OCH3 is 4. The van der Waals surface area contributed by atoms with E-state index in [1.807, 2.05) is 23.5 Å². The number of unbranched alkanes of at least 4 members (excludes halogenated alkanes) is 12. The summed E-state index contributed by atoms with van der Waals surface area (Å²) in [6.45, 7) is 6.40. The zero-order chi connectivity index (χ0) is 51.8. The molecule has 72 heavy (non-hydrogen) atoms. The van der Waals surface area contributed by atoms with Gasteiger partial charge in [-0.25, -0.2) is 0 Å². The first-order chi connectivity index (χ1) is 34.7. The minimum Gasteiger partial charge on any atom is -0.497 e. The lowest BCUT2D eigenvalue weighted by Crippen LogP contribution is -2.36. The molecule has 2 heterocycles. The first kappa shape index (κ1) is 59.9. The first-order valence-electron chi connectivity index (χ1n) is 26.7. The molecule has 0 amide bonds. The molecule has 0 saturated heterocycles. The predicted molar refractivity (Wildman–Crippen MR) is 309 cm³/mol. The summed E-state index contributed by atoms with van der Waals surface area (Å²) in [6, 6.07) is 30.7. The maximum atomic E-state index is 11.0. The highest BCUT2D eigenvalue weighted by Gasteiger charge is 2.42. The van der Waals surface area contributed by atoms with Crippen LogP contribution in [0.4, 0.5) is 0 Å². The van der Waals surface area contributed by atoms with Crippen molar-refractivity contribution in [3.8, 4) is 23.0 Å². The Labute approximate surface area is 449 Å². The van der Waals surface area contributed by atoms with Crippen LogP contribution in [0.3, 0.4) is 0 Å². The van der Waals surface area contributed by atoms with Crippen LogP contribution in [0.2, 0.25) is 0 Å². The minimum atomic E-state index is -3.31. The molecular formula is C60H89NO7S4. The average Bonchev–Trinajstić information content (AvgIpc) is 3.38. The number of thioether (sulfide) groups is 3. The standard InChI is InChI=1S/C32H49NO2S2.C28H40O5S2/c1-32(26-15-17-27(34-4)18-16-26)25-37-31-24-28(35-5)19-20-29(31)30(32)14-11-9-7-6-8-10-12-22-36-23-13-21-33(2)3;1-28(22-13-15-23(31-2)16-14-22)21-34-27-20-24(32-3)17-18-25(27)26(28)12-10-8-6-5-7-9-11-19-33-35(4,29)30/h15-20,24,30H,6-14,21-23,25H2,1-5H3;13-18,20,26H,5-12,19,21H2,1-4H3. The van der Waals surface area contributed by atoms with E-state index in [1.165, 1.54) is 134 Å². The molecule has 0 N–H and O–H groups in total. The molecule has 4 atom stereocenters. The maximum Gasteiger partial charge on any atom is 0.264 e. The van der Waals surface area contributed by atoms with Crippen molar-refractivity contribution in [2.75, 3.05) is 85.0 Å². The number of hydrogen-bond donors (Lipinski definition) is 0. The number of rotatable bonds is 31. The molecule has 0 aromatic heterocycles. The Hall–Kier alpha value is -3.00. The SMILES string of the molecule is COc1ccc(C2(C)CSc3cc(OC)ccc3C2CCCCCCCCCOS(C)(=O)=O)cc1.COc1ccc(C2(C)CSc3cc(OC)ccc3C2CCCCCCCCCSCCCN(C)C)cc1. The van der Waals surface area contributed by atoms with Gasteiger partial charge in [-0.1, -0.05) is 127 Å². The lowest BCUT2D eigenvalue weighted by atomic mass is 9.68. The second-order valence-electron chi connectivity index (χ2n) is 20.6. The lowest BCUT2D eigenvalue weighted by molar-refractivity contribution is 0.309. The molecule has 0 saturated carbocycles. The van der Waals surface area contributed by atoms with Crippen molar-refractivity contribution in [3.05, 3.63) is 107 Å². The van der Waals surface area contributed by atoms with Crippen LogP contribution in [0.5, 0.6) is 23.0 Å². The van der Waals surface area contributed by atoms with Crippen molar-refractivity contribution < 1.29 is 31.5 Å². The van der Waals surface area contributed by atoms with Crippen molar-refractivity contribution in [3.63, 3.8) is 0 Å². The van der Waals surface area contributed by atoms with Crippen LogP contribution in [0.1, 0.15) is 157 Å². The highest BCUT2D eigenvalue weighted by Crippen LogP contribution is 2.54. The Morgan fingerprint density at radius 1 is 0.528 bits per heavy atom. The first-order valence-corrected chi connectivity index (χ1v) is 31.7. The van der Waals surface area contributed by atoms with Crippen LogP contribution in [0, 0.1) is 0 Å². The maximum absolute atomic E-state index is 11.0. The Kier molecular flexibility index (Phi) is 25.9. The molecule has 4 unspecified atom stereocenters. The normalized spacial score (nSPS) is 19.5. The summed E-state index contributed by atoms with van der Waals surface area (Å²) in [4.78, 5) is 5.02. The Bertz CT molecular complexity index is 2270. The predicted octanol–water partition coefficient (Wildman–Crippen LogP) is 15.6. The molecule has 0 radical (unpaired) electrons. The monoisotopic (exact) mass is 1060 g/mol. The van der Waals surface area contributed by atoms with E-state index in [0.717, 1.165) is 66.4 Å². The van der Waals surface area contributed by atoms with Crippen molar-refractivity contribution >= 4 is 45.4 Å². The van der Waals surface area contributed by atoms with Crippen LogP contribution in [-0.2, 0) is 25.1 Å². The van der Waals surface area contributed by atoms with Gasteiger partial charge in [0.05, 0.1) is 41.3 Å². The van der Waals surface area contributed by atoms with E-state index in [2.05, 4.69) is 130 Å². The van der Waals surface area contributed by atoms with E-state index in [-0.39, 0.29) is 10.8 Å². The molecule has 2 aliphatic heterocycles. The molecular weight excluding hydrogens is 975 g/mol. The molecule has 2 aliphatic rings. The molecule has 6 rings (SSSR count). The van der Waals surface area contributed by atoms with Gasteiger partial charge in [-0.2, -0.15) is 20.2 Å². The second kappa shape index (κ2) is 31.1. The Morgan fingerprint density at radius 3 is 1.31 bits per heavy atom. The highest BCUT2D eigenvalue weighted by molar-refractivity contribution is 7.99. The molecule has 12 heteroatoms.